The van der Waals surface area contributed by atoms with E-state index in [0.29, 0.717) is 6.54 Å². The second-order valence-electron chi connectivity index (χ2n) is 6.48. The summed E-state index contributed by atoms with van der Waals surface area (Å²) >= 11 is 0. The maximum absolute atomic E-state index is 12.4. The molecular formula is C19H21N3O2. The lowest BCUT2D eigenvalue weighted by atomic mass is 10.1. The highest BCUT2D eigenvalue weighted by atomic mass is 16.5. The second-order valence-corrected chi connectivity index (χ2v) is 6.48. The number of benzene rings is 1. The highest BCUT2D eigenvalue weighted by molar-refractivity contribution is 5.78. The maximum atomic E-state index is 12.4. The number of morpholine rings is 1. The normalized spacial score (nSPS) is 24.2. The van der Waals surface area contributed by atoms with Crippen molar-refractivity contribution in [3.63, 3.8) is 0 Å². The molecule has 0 spiro atoms. The standard InChI is InChI=1S/C19H21N3O2/c23-19-14-24-18-13-21(10-15-5-2-1-3-6-15)12-17(18)22(19)11-16-7-4-8-20-9-16/h1-9,17-18H,10-14H2. The minimum absolute atomic E-state index is 0.0710. The molecule has 2 aliphatic rings. The van der Waals surface area contributed by atoms with Crippen molar-refractivity contribution in [2.24, 2.45) is 0 Å². The smallest absolute Gasteiger partial charge is 0.249 e. The van der Waals surface area contributed by atoms with Gasteiger partial charge in [-0.05, 0) is 17.2 Å². The van der Waals surface area contributed by atoms with Crippen molar-refractivity contribution in [2.45, 2.75) is 25.2 Å². The van der Waals surface area contributed by atoms with Crippen LogP contribution in [0.2, 0.25) is 0 Å². The van der Waals surface area contributed by atoms with Gasteiger partial charge in [-0.25, -0.2) is 0 Å². The number of carbonyl (C=O) groups is 1. The zero-order valence-electron chi connectivity index (χ0n) is 13.5. The lowest BCUT2D eigenvalue weighted by molar-refractivity contribution is -0.153. The first-order valence-electron chi connectivity index (χ1n) is 8.36. The Hall–Kier alpha value is -2.24. The Morgan fingerprint density at radius 1 is 1.04 bits per heavy atom. The molecule has 124 valence electrons. The number of ether oxygens (including phenoxy) is 1. The number of likely N-dealkylation sites (tertiary alicyclic amines) is 1. The van der Waals surface area contributed by atoms with Crippen LogP contribution in [0.3, 0.4) is 0 Å². The van der Waals surface area contributed by atoms with Gasteiger partial charge in [0, 0.05) is 38.6 Å². The van der Waals surface area contributed by atoms with Crippen LogP contribution in [0.1, 0.15) is 11.1 Å². The number of hydrogen-bond donors (Lipinski definition) is 0. The van der Waals surface area contributed by atoms with Crippen LogP contribution >= 0.6 is 0 Å². The number of hydrogen-bond acceptors (Lipinski definition) is 4. The highest BCUT2D eigenvalue weighted by Crippen LogP contribution is 2.26. The van der Waals surface area contributed by atoms with Crippen molar-refractivity contribution >= 4 is 5.91 Å². The van der Waals surface area contributed by atoms with Crippen molar-refractivity contribution in [1.29, 1.82) is 0 Å². The first-order chi connectivity index (χ1) is 11.8. The molecule has 2 aromatic rings. The summed E-state index contributed by atoms with van der Waals surface area (Å²) in [7, 11) is 0. The summed E-state index contributed by atoms with van der Waals surface area (Å²) in [5.74, 6) is 0.0710. The molecule has 0 radical (unpaired) electrons. The number of carbonyl (C=O) groups excluding carboxylic acids is 1. The summed E-state index contributed by atoms with van der Waals surface area (Å²) in [4.78, 5) is 20.9. The predicted octanol–water partition coefficient (Wildman–Crippen LogP) is 1.69. The third-order valence-corrected chi connectivity index (χ3v) is 4.78. The fourth-order valence-electron chi connectivity index (χ4n) is 3.61. The molecule has 2 unspecified atom stereocenters. The van der Waals surface area contributed by atoms with Gasteiger partial charge in [-0.15, -0.1) is 0 Å². The van der Waals surface area contributed by atoms with Crippen LogP contribution in [0.4, 0.5) is 0 Å². The van der Waals surface area contributed by atoms with Gasteiger partial charge < -0.3 is 9.64 Å². The average molecular weight is 323 g/mol. The van der Waals surface area contributed by atoms with E-state index < -0.39 is 0 Å². The molecule has 0 N–H and O–H groups in total. The monoisotopic (exact) mass is 323 g/mol. The molecule has 5 nitrogen and oxygen atoms in total. The molecule has 2 atom stereocenters. The van der Waals surface area contributed by atoms with Crippen molar-refractivity contribution < 1.29 is 9.53 Å². The van der Waals surface area contributed by atoms with Crippen LogP contribution in [0.15, 0.2) is 54.9 Å². The number of pyridine rings is 1. The molecule has 1 aromatic heterocycles. The number of amides is 1. The van der Waals surface area contributed by atoms with Crippen LogP contribution in [0, 0.1) is 0 Å². The third kappa shape index (κ3) is 3.18. The van der Waals surface area contributed by atoms with Gasteiger partial charge in [0.2, 0.25) is 5.91 Å². The molecule has 0 bridgehead atoms. The van der Waals surface area contributed by atoms with E-state index in [1.807, 2.05) is 29.3 Å². The van der Waals surface area contributed by atoms with Crippen molar-refractivity contribution in [3.8, 4) is 0 Å². The van der Waals surface area contributed by atoms with Gasteiger partial charge in [-0.2, -0.15) is 0 Å². The fourth-order valence-corrected chi connectivity index (χ4v) is 3.61. The Labute approximate surface area is 141 Å². The summed E-state index contributed by atoms with van der Waals surface area (Å²) in [5.41, 5.74) is 2.36. The molecule has 3 heterocycles. The maximum Gasteiger partial charge on any atom is 0.249 e. The summed E-state index contributed by atoms with van der Waals surface area (Å²) in [5, 5.41) is 0. The highest BCUT2D eigenvalue weighted by Gasteiger charge is 2.42. The summed E-state index contributed by atoms with van der Waals surface area (Å²) < 4.78 is 5.80. The van der Waals surface area contributed by atoms with Crippen molar-refractivity contribution in [1.82, 2.24) is 14.8 Å². The third-order valence-electron chi connectivity index (χ3n) is 4.78. The van der Waals surface area contributed by atoms with Gasteiger partial charge in [-0.1, -0.05) is 36.4 Å². The van der Waals surface area contributed by atoms with E-state index in [4.69, 9.17) is 4.74 Å². The molecular weight excluding hydrogens is 302 g/mol. The lowest BCUT2D eigenvalue weighted by Crippen LogP contribution is -2.53. The molecule has 2 aliphatic heterocycles. The van der Waals surface area contributed by atoms with Crippen molar-refractivity contribution in [3.05, 3.63) is 66.0 Å². The molecule has 0 aliphatic carbocycles. The van der Waals surface area contributed by atoms with Crippen LogP contribution < -0.4 is 0 Å². The zero-order valence-corrected chi connectivity index (χ0v) is 13.5. The number of rotatable bonds is 4. The number of fused-ring (bicyclic) bond motifs is 1. The molecule has 1 aromatic carbocycles. The molecule has 24 heavy (non-hydrogen) atoms. The van der Waals surface area contributed by atoms with Crippen LogP contribution in [0.25, 0.3) is 0 Å². The Kier molecular flexibility index (Phi) is 4.28. The molecule has 2 saturated heterocycles. The predicted molar refractivity (Wildman–Crippen MR) is 90.0 cm³/mol. The Morgan fingerprint density at radius 2 is 1.88 bits per heavy atom. The van der Waals surface area contributed by atoms with Gasteiger partial charge in [0.05, 0.1) is 12.1 Å². The largest absolute Gasteiger partial charge is 0.365 e. The SMILES string of the molecule is O=C1COC2CN(Cc3ccccc3)CC2N1Cc1cccnc1. The Morgan fingerprint density at radius 3 is 2.67 bits per heavy atom. The van der Waals surface area contributed by atoms with E-state index in [2.05, 4.69) is 34.1 Å². The summed E-state index contributed by atoms with van der Waals surface area (Å²) in [6, 6.07) is 14.5. The van der Waals surface area contributed by atoms with Crippen LogP contribution in [0.5, 0.6) is 0 Å². The zero-order chi connectivity index (χ0) is 16.4. The lowest BCUT2D eigenvalue weighted by Gasteiger charge is -2.36. The van der Waals surface area contributed by atoms with Gasteiger partial charge >= 0.3 is 0 Å². The van der Waals surface area contributed by atoms with Gasteiger partial charge in [-0.3, -0.25) is 14.7 Å². The Balaban J connectivity index is 1.47. The Bertz CT molecular complexity index is 692. The summed E-state index contributed by atoms with van der Waals surface area (Å²) in [6.45, 7) is 3.41. The van der Waals surface area contributed by atoms with Crippen LogP contribution in [-0.4, -0.2) is 52.5 Å². The number of nitrogens with zero attached hydrogens (tertiary/aromatic N) is 3. The fraction of sp³-hybridized carbons (Fsp3) is 0.368. The molecule has 1 amide bonds. The first kappa shape index (κ1) is 15.3. The van der Waals surface area contributed by atoms with E-state index >= 15 is 0 Å². The molecule has 0 saturated carbocycles. The summed E-state index contributed by atoms with van der Waals surface area (Å²) in [6.07, 6.45) is 3.68. The quantitative estimate of drug-likeness (QED) is 0.859. The number of aromatic nitrogens is 1. The van der Waals surface area contributed by atoms with Crippen LogP contribution in [-0.2, 0) is 22.6 Å². The van der Waals surface area contributed by atoms with Gasteiger partial charge in [0.1, 0.15) is 6.61 Å². The van der Waals surface area contributed by atoms with E-state index in [1.165, 1.54) is 5.56 Å². The second kappa shape index (κ2) is 6.71. The molecule has 4 rings (SSSR count). The van der Waals surface area contributed by atoms with E-state index in [-0.39, 0.29) is 24.7 Å². The minimum Gasteiger partial charge on any atom is -0.365 e. The molecule has 2 fully saturated rings. The van der Waals surface area contributed by atoms with E-state index in [9.17, 15) is 4.79 Å². The van der Waals surface area contributed by atoms with Gasteiger partial charge in [0.25, 0.3) is 0 Å². The first-order valence-corrected chi connectivity index (χ1v) is 8.36. The topological polar surface area (TPSA) is 45.7 Å². The van der Waals surface area contributed by atoms with Gasteiger partial charge in [0.15, 0.2) is 0 Å². The minimum atomic E-state index is 0.0710. The average Bonchev–Trinajstić information content (AvgIpc) is 3.02. The van der Waals surface area contributed by atoms with Crippen molar-refractivity contribution in [2.75, 3.05) is 19.7 Å². The van der Waals surface area contributed by atoms with E-state index in [1.54, 1.807) is 6.20 Å². The molecule has 5 heteroatoms. The van der Waals surface area contributed by atoms with E-state index in [0.717, 1.165) is 25.2 Å².